The van der Waals surface area contributed by atoms with Gasteiger partial charge < -0.3 is 9.64 Å². The van der Waals surface area contributed by atoms with Gasteiger partial charge in [-0.15, -0.1) is 0 Å². The van der Waals surface area contributed by atoms with Crippen LogP contribution in [-0.2, 0) is 29.0 Å². The first-order valence-electron chi connectivity index (χ1n) is 10.1. The number of amides is 1. The van der Waals surface area contributed by atoms with Gasteiger partial charge in [0.25, 0.3) is 0 Å². The van der Waals surface area contributed by atoms with Gasteiger partial charge in [0.2, 0.25) is 5.91 Å². The molecule has 0 aromatic heterocycles. The molecule has 1 unspecified atom stereocenters. The summed E-state index contributed by atoms with van der Waals surface area (Å²) < 4.78 is 19.4. The van der Waals surface area contributed by atoms with Crippen molar-refractivity contribution in [1.82, 2.24) is 9.80 Å². The molecule has 5 heteroatoms. The van der Waals surface area contributed by atoms with E-state index in [4.69, 9.17) is 4.74 Å². The molecule has 4 nitrogen and oxygen atoms in total. The number of carbonyl (C=O) groups is 1. The topological polar surface area (TPSA) is 32.8 Å². The van der Waals surface area contributed by atoms with Crippen molar-refractivity contribution in [3.05, 3.63) is 71.0 Å². The zero-order chi connectivity index (χ0) is 19.3. The first kappa shape index (κ1) is 19.1. The number of fused-ring (bicyclic) bond motifs is 1. The third-order valence-corrected chi connectivity index (χ3v) is 5.62. The number of ether oxygens (including phenoxy) is 1. The molecule has 4 rings (SSSR count). The third-order valence-electron chi connectivity index (χ3n) is 5.62. The van der Waals surface area contributed by atoms with E-state index in [1.165, 1.54) is 17.2 Å². The van der Waals surface area contributed by atoms with Crippen molar-refractivity contribution in [1.29, 1.82) is 0 Å². The molecular weight excluding hydrogens is 355 g/mol. The van der Waals surface area contributed by atoms with Crippen LogP contribution < -0.4 is 0 Å². The largest absolute Gasteiger partial charge is 0.377 e. The second kappa shape index (κ2) is 8.84. The van der Waals surface area contributed by atoms with Crippen molar-refractivity contribution in [3.8, 4) is 0 Å². The van der Waals surface area contributed by atoms with Gasteiger partial charge >= 0.3 is 0 Å². The Balaban J connectivity index is 1.43. The van der Waals surface area contributed by atoms with Crippen LogP contribution >= 0.6 is 0 Å². The van der Waals surface area contributed by atoms with Crippen LogP contribution in [0.15, 0.2) is 48.5 Å². The Hall–Kier alpha value is -2.24. The Bertz CT molecular complexity index is 820. The molecule has 148 valence electrons. The van der Waals surface area contributed by atoms with Crippen molar-refractivity contribution in [3.63, 3.8) is 0 Å². The van der Waals surface area contributed by atoms with E-state index in [1.807, 2.05) is 17.0 Å². The van der Waals surface area contributed by atoms with Crippen LogP contribution in [0.4, 0.5) is 4.39 Å². The predicted octanol–water partition coefficient (Wildman–Crippen LogP) is 3.39. The smallest absolute Gasteiger partial charge is 0.237 e. The average Bonchev–Trinajstić information content (AvgIpc) is 3.20. The molecule has 0 aliphatic carbocycles. The van der Waals surface area contributed by atoms with E-state index in [1.54, 1.807) is 12.1 Å². The molecule has 0 bridgehead atoms. The van der Waals surface area contributed by atoms with Crippen LogP contribution in [0.5, 0.6) is 0 Å². The predicted molar refractivity (Wildman–Crippen MR) is 106 cm³/mol. The average molecular weight is 382 g/mol. The van der Waals surface area contributed by atoms with Crippen molar-refractivity contribution in [2.45, 2.75) is 38.5 Å². The molecule has 2 aliphatic rings. The lowest BCUT2D eigenvalue weighted by Gasteiger charge is -2.32. The van der Waals surface area contributed by atoms with Gasteiger partial charge in [-0.2, -0.15) is 0 Å². The molecule has 0 saturated carbocycles. The quantitative estimate of drug-likeness (QED) is 0.768. The van der Waals surface area contributed by atoms with Gasteiger partial charge in [0.15, 0.2) is 0 Å². The maximum Gasteiger partial charge on any atom is 0.237 e. The highest BCUT2D eigenvalue weighted by Crippen LogP contribution is 2.20. The summed E-state index contributed by atoms with van der Waals surface area (Å²) in [6.45, 7) is 3.79. The van der Waals surface area contributed by atoms with Crippen LogP contribution in [-0.4, -0.2) is 48.1 Å². The molecule has 0 spiro atoms. The molecule has 28 heavy (non-hydrogen) atoms. The first-order chi connectivity index (χ1) is 13.7. The van der Waals surface area contributed by atoms with Crippen molar-refractivity contribution in [2.75, 3.05) is 26.2 Å². The van der Waals surface area contributed by atoms with E-state index in [-0.39, 0.29) is 17.8 Å². The number of hydrogen-bond acceptors (Lipinski definition) is 3. The monoisotopic (exact) mass is 382 g/mol. The number of halogens is 1. The summed E-state index contributed by atoms with van der Waals surface area (Å²) in [4.78, 5) is 17.1. The molecule has 1 amide bonds. The number of rotatable bonds is 6. The lowest BCUT2D eigenvalue weighted by molar-refractivity contribution is -0.133. The summed E-state index contributed by atoms with van der Waals surface area (Å²) in [6, 6.07) is 15.0. The summed E-state index contributed by atoms with van der Waals surface area (Å²) in [5.74, 6) is -0.113. The zero-order valence-corrected chi connectivity index (χ0v) is 16.1. The van der Waals surface area contributed by atoms with Crippen LogP contribution in [0.2, 0.25) is 0 Å². The van der Waals surface area contributed by atoms with Gasteiger partial charge in [-0.1, -0.05) is 36.4 Å². The molecule has 1 fully saturated rings. The Labute approximate surface area is 165 Å². The maximum atomic E-state index is 13.6. The molecular formula is C23H27FN2O2. The highest BCUT2D eigenvalue weighted by Gasteiger charge is 2.25. The van der Waals surface area contributed by atoms with E-state index >= 15 is 0 Å². The summed E-state index contributed by atoms with van der Waals surface area (Å²) in [5, 5.41) is 0. The molecule has 2 heterocycles. The first-order valence-corrected chi connectivity index (χ1v) is 10.1. The molecule has 2 aliphatic heterocycles. The lowest BCUT2D eigenvalue weighted by atomic mass is 10.00. The Morgan fingerprint density at radius 2 is 2.04 bits per heavy atom. The number of nitrogens with zero attached hydrogens (tertiary/aromatic N) is 2. The molecule has 2 aromatic carbocycles. The summed E-state index contributed by atoms with van der Waals surface area (Å²) >= 11 is 0. The molecule has 0 radical (unpaired) electrons. The maximum absolute atomic E-state index is 13.6. The number of carbonyl (C=O) groups excluding carboxylic acids is 1. The van der Waals surface area contributed by atoms with Crippen molar-refractivity contribution < 1.29 is 13.9 Å². The van der Waals surface area contributed by atoms with Gasteiger partial charge in [-0.05, 0) is 48.1 Å². The number of benzene rings is 2. The fourth-order valence-electron chi connectivity index (χ4n) is 4.15. The normalized spacial score (nSPS) is 19.1. The standard InChI is InChI=1S/C23H27FN2O2/c24-21-8-3-5-18(13-21)14-25(16-22-9-4-12-28-22)17-23(27)26-11-10-19-6-1-2-7-20(19)15-26/h1-3,5-8,13,22H,4,9-12,14-17H2. The Morgan fingerprint density at radius 1 is 1.18 bits per heavy atom. The summed E-state index contributed by atoms with van der Waals surface area (Å²) in [7, 11) is 0. The van der Waals surface area contributed by atoms with E-state index < -0.39 is 0 Å². The molecule has 1 saturated heterocycles. The van der Waals surface area contributed by atoms with Gasteiger partial charge in [-0.3, -0.25) is 9.69 Å². The van der Waals surface area contributed by atoms with Gasteiger partial charge in [0.05, 0.1) is 12.6 Å². The minimum Gasteiger partial charge on any atom is -0.377 e. The second-order valence-electron chi connectivity index (χ2n) is 7.77. The van der Waals surface area contributed by atoms with Gasteiger partial charge in [0, 0.05) is 32.8 Å². The summed E-state index contributed by atoms with van der Waals surface area (Å²) in [5.41, 5.74) is 3.45. The third kappa shape index (κ3) is 4.78. The zero-order valence-electron chi connectivity index (χ0n) is 16.1. The molecule has 0 N–H and O–H groups in total. The van der Waals surface area contributed by atoms with E-state index in [0.717, 1.165) is 38.0 Å². The van der Waals surface area contributed by atoms with Crippen LogP contribution in [0.1, 0.15) is 29.5 Å². The Kier molecular flexibility index (Phi) is 6.03. The Morgan fingerprint density at radius 3 is 2.82 bits per heavy atom. The van der Waals surface area contributed by atoms with Gasteiger partial charge in [-0.25, -0.2) is 4.39 Å². The van der Waals surface area contributed by atoms with Crippen molar-refractivity contribution in [2.24, 2.45) is 0 Å². The lowest BCUT2D eigenvalue weighted by Crippen LogP contribution is -2.44. The van der Waals surface area contributed by atoms with Crippen LogP contribution in [0, 0.1) is 5.82 Å². The van der Waals surface area contributed by atoms with Crippen LogP contribution in [0.3, 0.4) is 0 Å². The fraction of sp³-hybridized carbons (Fsp3) is 0.435. The van der Waals surface area contributed by atoms with E-state index in [0.29, 0.717) is 26.2 Å². The molecule has 1 atom stereocenters. The molecule has 2 aromatic rings. The second-order valence-corrected chi connectivity index (χ2v) is 7.77. The van der Waals surface area contributed by atoms with Gasteiger partial charge in [0.1, 0.15) is 5.82 Å². The number of hydrogen-bond donors (Lipinski definition) is 0. The van der Waals surface area contributed by atoms with Crippen LogP contribution in [0.25, 0.3) is 0 Å². The van der Waals surface area contributed by atoms with Crippen molar-refractivity contribution >= 4 is 5.91 Å². The SMILES string of the molecule is O=C(CN(Cc1cccc(F)c1)CC1CCCO1)N1CCc2ccccc2C1. The minimum atomic E-state index is -0.242. The summed E-state index contributed by atoms with van der Waals surface area (Å²) in [6.07, 6.45) is 3.14. The minimum absolute atomic E-state index is 0.129. The van der Waals surface area contributed by atoms with E-state index in [2.05, 4.69) is 23.1 Å². The van der Waals surface area contributed by atoms with E-state index in [9.17, 15) is 9.18 Å². The fourth-order valence-corrected chi connectivity index (χ4v) is 4.15. The highest BCUT2D eigenvalue weighted by atomic mass is 19.1. The highest BCUT2D eigenvalue weighted by molar-refractivity contribution is 5.78.